The highest BCUT2D eigenvalue weighted by Crippen LogP contribution is 2.17. The molecule has 1 N–H and O–H groups in total. The van der Waals surface area contributed by atoms with E-state index in [0.29, 0.717) is 12.3 Å². The topological polar surface area (TPSA) is 42.0 Å². The fourth-order valence-electron chi connectivity index (χ4n) is 1.49. The van der Waals surface area contributed by atoms with Crippen LogP contribution in [0.15, 0.2) is 34.5 Å². The second-order valence-electron chi connectivity index (χ2n) is 4.26. The Kier molecular flexibility index (Phi) is 4.99. The van der Waals surface area contributed by atoms with E-state index in [1.807, 2.05) is 24.4 Å². The van der Waals surface area contributed by atoms with E-state index >= 15 is 0 Å². The van der Waals surface area contributed by atoms with Crippen molar-refractivity contribution in [3.05, 3.63) is 45.9 Å². The fourth-order valence-corrected chi connectivity index (χ4v) is 2.93. The van der Waals surface area contributed by atoms with Crippen LogP contribution < -0.4 is 5.32 Å². The van der Waals surface area contributed by atoms with E-state index < -0.39 is 0 Å². The Morgan fingerprint density at radius 3 is 2.68 bits per heavy atom. The number of carbonyl (C=O) groups excluding carboxylic acids is 1. The number of nitrogens with zero attached hydrogens (tertiary/aromatic N) is 1. The first-order valence-electron chi connectivity index (χ1n) is 6.00. The smallest absolute Gasteiger partial charge is 0.230 e. The van der Waals surface area contributed by atoms with Gasteiger partial charge in [0, 0.05) is 16.0 Å². The van der Waals surface area contributed by atoms with Crippen molar-refractivity contribution in [3.63, 3.8) is 0 Å². The van der Waals surface area contributed by atoms with Crippen LogP contribution in [0.1, 0.15) is 16.3 Å². The first kappa shape index (κ1) is 14.1. The van der Waals surface area contributed by atoms with Gasteiger partial charge in [-0.25, -0.2) is 4.98 Å². The molecule has 0 saturated carbocycles. The molecule has 0 bridgehead atoms. The minimum atomic E-state index is 0.0402. The fraction of sp³-hybridized carbons (Fsp3) is 0.286. The number of hydrogen-bond acceptors (Lipinski definition) is 4. The van der Waals surface area contributed by atoms with Crippen molar-refractivity contribution in [1.82, 2.24) is 10.3 Å². The maximum Gasteiger partial charge on any atom is 0.230 e. The van der Waals surface area contributed by atoms with Crippen molar-refractivity contribution < 1.29 is 4.79 Å². The molecule has 0 atom stereocenters. The lowest BCUT2D eigenvalue weighted by molar-refractivity contribution is -0.118. The van der Waals surface area contributed by atoms with E-state index in [0.717, 1.165) is 15.6 Å². The van der Waals surface area contributed by atoms with E-state index in [4.69, 9.17) is 0 Å². The van der Waals surface area contributed by atoms with Crippen LogP contribution >= 0.6 is 23.1 Å². The molecule has 0 radical (unpaired) electrons. The van der Waals surface area contributed by atoms with Crippen molar-refractivity contribution in [3.8, 4) is 0 Å². The van der Waals surface area contributed by atoms with Crippen LogP contribution in [0.2, 0.25) is 0 Å². The van der Waals surface area contributed by atoms with Crippen LogP contribution in [-0.2, 0) is 11.3 Å². The zero-order valence-corrected chi connectivity index (χ0v) is 12.6. The summed E-state index contributed by atoms with van der Waals surface area (Å²) >= 11 is 3.12. The van der Waals surface area contributed by atoms with Crippen molar-refractivity contribution in [2.75, 3.05) is 5.75 Å². The normalized spacial score (nSPS) is 10.4. The maximum atomic E-state index is 11.7. The van der Waals surface area contributed by atoms with Crippen LogP contribution in [0.5, 0.6) is 0 Å². The number of rotatable bonds is 5. The average molecular weight is 292 g/mol. The first-order chi connectivity index (χ1) is 9.13. The molecule has 1 amide bonds. The SMILES string of the molecule is Cc1ccc(SCC(=O)NCc2nc(C)cs2)cc1. The predicted molar refractivity (Wildman–Crippen MR) is 80.6 cm³/mol. The second-order valence-corrected chi connectivity index (χ2v) is 6.25. The molecule has 1 heterocycles. The van der Waals surface area contributed by atoms with Gasteiger partial charge in [0.15, 0.2) is 0 Å². The third-order valence-corrected chi connectivity index (χ3v) is 4.47. The van der Waals surface area contributed by atoms with Gasteiger partial charge in [0.25, 0.3) is 0 Å². The Hall–Kier alpha value is -1.33. The molecule has 100 valence electrons. The molecule has 0 spiro atoms. The van der Waals surface area contributed by atoms with E-state index in [1.54, 1.807) is 23.1 Å². The summed E-state index contributed by atoms with van der Waals surface area (Å²) in [6, 6.07) is 8.19. The van der Waals surface area contributed by atoms with Crippen molar-refractivity contribution in [1.29, 1.82) is 0 Å². The zero-order chi connectivity index (χ0) is 13.7. The first-order valence-corrected chi connectivity index (χ1v) is 7.87. The van der Waals surface area contributed by atoms with Crippen LogP contribution in [0.4, 0.5) is 0 Å². The summed E-state index contributed by atoms with van der Waals surface area (Å²) in [4.78, 5) is 17.1. The summed E-state index contributed by atoms with van der Waals surface area (Å²) in [5, 5.41) is 5.82. The zero-order valence-electron chi connectivity index (χ0n) is 11.0. The lowest BCUT2D eigenvalue weighted by atomic mass is 10.2. The molecular weight excluding hydrogens is 276 g/mol. The highest BCUT2D eigenvalue weighted by molar-refractivity contribution is 8.00. The van der Waals surface area contributed by atoms with Crippen LogP contribution in [0.3, 0.4) is 0 Å². The standard InChI is InChI=1S/C14H16N2OS2/c1-10-3-5-12(6-4-10)18-9-13(17)15-7-14-16-11(2)8-19-14/h3-6,8H,7,9H2,1-2H3,(H,15,17). The second kappa shape index (κ2) is 6.73. The molecule has 1 aromatic carbocycles. The Bertz CT molecular complexity index is 549. The molecule has 0 saturated heterocycles. The number of carbonyl (C=O) groups is 1. The molecule has 0 aliphatic rings. The van der Waals surface area contributed by atoms with Gasteiger partial charge in [-0.1, -0.05) is 17.7 Å². The lowest BCUT2D eigenvalue weighted by Gasteiger charge is -2.03. The predicted octanol–water partition coefficient (Wildman–Crippen LogP) is 3.17. The van der Waals surface area contributed by atoms with E-state index in [2.05, 4.69) is 29.4 Å². The summed E-state index contributed by atoms with van der Waals surface area (Å²) in [5.74, 6) is 0.478. The maximum absolute atomic E-state index is 11.7. The summed E-state index contributed by atoms with van der Waals surface area (Å²) in [5.41, 5.74) is 2.23. The molecule has 0 unspecified atom stereocenters. The van der Waals surface area contributed by atoms with Crippen LogP contribution in [0.25, 0.3) is 0 Å². The summed E-state index contributed by atoms with van der Waals surface area (Å²) in [6.07, 6.45) is 0. The Morgan fingerprint density at radius 1 is 1.32 bits per heavy atom. The van der Waals surface area contributed by atoms with Crippen molar-refractivity contribution in [2.24, 2.45) is 0 Å². The van der Waals surface area contributed by atoms with Gasteiger partial charge in [-0.2, -0.15) is 0 Å². The summed E-state index contributed by atoms with van der Waals surface area (Å²) < 4.78 is 0. The molecule has 2 aromatic rings. The lowest BCUT2D eigenvalue weighted by Crippen LogP contribution is -2.24. The molecule has 0 aliphatic heterocycles. The number of aromatic nitrogens is 1. The van der Waals surface area contributed by atoms with Gasteiger partial charge >= 0.3 is 0 Å². The number of hydrogen-bond donors (Lipinski definition) is 1. The average Bonchev–Trinajstić information content (AvgIpc) is 2.81. The number of thiazole rings is 1. The van der Waals surface area contributed by atoms with Crippen LogP contribution in [0, 0.1) is 13.8 Å². The number of thioether (sulfide) groups is 1. The van der Waals surface area contributed by atoms with E-state index in [-0.39, 0.29) is 5.91 Å². The number of amides is 1. The van der Waals surface area contributed by atoms with Gasteiger partial charge in [-0.3, -0.25) is 4.79 Å². The van der Waals surface area contributed by atoms with Gasteiger partial charge in [0.2, 0.25) is 5.91 Å². The number of benzene rings is 1. The number of aryl methyl sites for hydroxylation is 2. The third kappa shape index (κ3) is 4.69. The van der Waals surface area contributed by atoms with Crippen molar-refractivity contribution >= 4 is 29.0 Å². The van der Waals surface area contributed by atoms with Gasteiger partial charge in [-0.15, -0.1) is 23.1 Å². The Labute approximate surface area is 121 Å². The molecule has 0 fully saturated rings. The quantitative estimate of drug-likeness (QED) is 0.861. The summed E-state index contributed by atoms with van der Waals surface area (Å²) in [6.45, 7) is 4.53. The third-order valence-electron chi connectivity index (χ3n) is 2.49. The molecule has 19 heavy (non-hydrogen) atoms. The highest BCUT2D eigenvalue weighted by Gasteiger charge is 2.04. The molecule has 3 nitrogen and oxygen atoms in total. The Morgan fingerprint density at radius 2 is 2.05 bits per heavy atom. The van der Waals surface area contributed by atoms with E-state index in [1.165, 1.54) is 5.56 Å². The van der Waals surface area contributed by atoms with Gasteiger partial charge < -0.3 is 5.32 Å². The minimum absolute atomic E-state index is 0.0402. The van der Waals surface area contributed by atoms with Gasteiger partial charge in [-0.05, 0) is 26.0 Å². The highest BCUT2D eigenvalue weighted by atomic mass is 32.2. The monoisotopic (exact) mass is 292 g/mol. The van der Waals surface area contributed by atoms with Gasteiger partial charge in [0.1, 0.15) is 5.01 Å². The largest absolute Gasteiger partial charge is 0.349 e. The van der Waals surface area contributed by atoms with Crippen molar-refractivity contribution in [2.45, 2.75) is 25.3 Å². The molecular formula is C14H16N2OS2. The molecule has 2 rings (SSSR count). The number of nitrogens with one attached hydrogen (secondary N) is 1. The molecule has 1 aromatic heterocycles. The minimum Gasteiger partial charge on any atom is -0.349 e. The molecule has 5 heteroatoms. The molecule has 0 aliphatic carbocycles. The Balaban J connectivity index is 1.74. The summed E-state index contributed by atoms with van der Waals surface area (Å²) in [7, 11) is 0. The van der Waals surface area contributed by atoms with Crippen LogP contribution in [-0.4, -0.2) is 16.6 Å². The van der Waals surface area contributed by atoms with E-state index in [9.17, 15) is 4.79 Å². The van der Waals surface area contributed by atoms with Gasteiger partial charge in [0.05, 0.1) is 12.3 Å².